The maximum atomic E-state index is 12.6. The summed E-state index contributed by atoms with van der Waals surface area (Å²) in [6, 6.07) is 7.57. The third-order valence-electron chi connectivity index (χ3n) is 3.41. The molecule has 1 aliphatic heterocycles. The Bertz CT molecular complexity index is 778. The molecule has 0 fully saturated rings. The van der Waals surface area contributed by atoms with Crippen LogP contribution in [0, 0.1) is 6.92 Å². The SMILES string of the molecule is Cc1cnc(NC(=O)C2=C(O)c3ccccc3SC2(C)C)s1. The van der Waals surface area contributed by atoms with Crippen LogP contribution in [0.3, 0.4) is 0 Å². The maximum absolute atomic E-state index is 12.6. The van der Waals surface area contributed by atoms with E-state index in [1.54, 1.807) is 18.0 Å². The number of hydrogen-bond donors (Lipinski definition) is 2. The van der Waals surface area contributed by atoms with E-state index >= 15 is 0 Å². The van der Waals surface area contributed by atoms with Gasteiger partial charge in [-0.15, -0.1) is 23.1 Å². The highest BCUT2D eigenvalue weighted by atomic mass is 32.2. The number of carbonyl (C=O) groups is 1. The molecule has 0 aliphatic carbocycles. The zero-order valence-electron chi connectivity index (χ0n) is 12.5. The average molecular weight is 332 g/mol. The van der Waals surface area contributed by atoms with Crippen LogP contribution in [0.1, 0.15) is 24.3 Å². The number of aromatic nitrogens is 1. The van der Waals surface area contributed by atoms with Gasteiger partial charge in [0.05, 0.1) is 5.57 Å². The summed E-state index contributed by atoms with van der Waals surface area (Å²) in [7, 11) is 0. The molecular weight excluding hydrogens is 316 g/mol. The lowest BCUT2D eigenvalue weighted by atomic mass is 9.96. The van der Waals surface area contributed by atoms with Crippen LogP contribution in [-0.4, -0.2) is 20.7 Å². The number of carbonyl (C=O) groups excluding carboxylic acids is 1. The number of thiazole rings is 1. The van der Waals surface area contributed by atoms with Crippen molar-refractivity contribution in [2.24, 2.45) is 0 Å². The van der Waals surface area contributed by atoms with Crippen molar-refractivity contribution in [2.75, 3.05) is 5.32 Å². The number of thioether (sulfide) groups is 1. The van der Waals surface area contributed by atoms with E-state index in [4.69, 9.17) is 0 Å². The lowest BCUT2D eigenvalue weighted by Crippen LogP contribution is -2.32. The highest BCUT2D eigenvalue weighted by molar-refractivity contribution is 8.01. The topological polar surface area (TPSA) is 62.2 Å². The molecule has 4 nitrogen and oxygen atoms in total. The van der Waals surface area contributed by atoms with Crippen LogP contribution in [0.2, 0.25) is 0 Å². The number of amides is 1. The van der Waals surface area contributed by atoms with E-state index in [2.05, 4.69) is 10.3 Å². The molecule has 1 aromatic carbocycles. The fourth-order valence-corrected chi connectivity index (χ4v) is 4.37. The number of nitrogens with one attached hydrogen (secondary N) is 1. The Morgan fingerprint density at radius 2 is 2.05 bits per heavy atom. The number of fused-ring (bicyclic) bond motifs is 1. The van der Waals surface area contributed by atoms with Crippen molar-refractivity contribution in [3.8, 4) is 0 Å². The lowest BCUT2D eigenvalue weighted by molar-refractivity contribution is -0.113. The van der Waals surface area contributed by atoms with Crippen LogP contribution in [0.25, 0.3) is 5.76 Å². The van der Waals surface area contributed by atoms with Gasteiger partial charge < -0.3 is 5.11 Å². The van der Waals surface area contributed by atoms with Gasteiger partial charge in [0.2, 0.25) is 0 Å². The zero-order valence-corrected chi connectivity index (χ0v) is 14.1. The Hall–Kier alpha value is -1.79. The lowest BCUT2D eigenvalue weighted by Gasteiger charge is -2.32. The molecule has 22 heavy (non-hydrogen) atoms. The molecule has 0 radical (unpaired) electrons. The van der Waals surface area contributed by atoms with Crippen LogP contribution in [0.5, 0.6) is 0 Å². The number of nitrogens with zero attached hydrogens (tertiary/aromatic N) is 1. The molecule has 0 atom stereocenters. The highest BCUT2D eigenvalue weighted by Crippen LogP contribution is 2.47. The zero-order chi connectivity index (χ0) is 15.9. The first-order valence-electron chi connectivity index (χ1n) is 6.84. The van der Waals surface area contributed by atoms with Crippen molar-refractivity contribution in [1.82, 2.24) is 4.98 Å². The molecule has 0 saturated heterocycles. The molecule has 3 rings (SSSR count). The third-order valence-corrected chi connectivity index (χ3v) is 5.53. The smallest absolute Gasteiger partial charge is 0.258 e. The van der Waals surface area contributed by atoms with Crippen LogP contribution in [0.4, 0.5) is 5.13 Å². The number of aliphatic hydroxyl groups excluding tert-OH is 1. The van der Waals surface area contributed by atoms with E-state index in [-0.39, 0.29) is 11.7 Å². The summed E-state index contributed by atoms with van der Waals surface area (Å²) in [6.45, 7) is 5.80. The Labute approximate surface area is 137 Å². The summed E-state index contributed by atoms with van der Waals surface area (Å²) in [5.74, 6) is -0.260. The minimum atomic E-state index is -0.519. The second kappa shape index (κ2) is 5.44. The largest absolute Gasteiger partial charge is 0.507 e. The predicted octanol–water partition coefficient (Wildman–Crippen LogP) is 4.24. The minimum absolute atomic E-state index is 0.0464. The quantitative estimate of drug-likeness (QED) is 0.863. The van der Waals surface area contributed by atoms with E-state index in [9.17, 15) is 9.90 Å². The molecule has 0 saturated carbocycles. The number of benzene rings is 1. The van der Waals surface area contributed by atoms with E-state index in [1.807, 2.05) is 45.0 Å². The summed E-state index contributed by atoms with van der Waals surface area (Å²) in [5, 5.41) is 13.9. The molecule has 1 aromatic heterocycles. The molecule has 0 spiro atoms. The number of anilines is 1. The molecule has 2 aromatic rings. The van der Waals surface area contributed by atoms with Gasteiger partial charge in [-0.25, -0.2) is 4.98 Å². The summed E-state index contributed by atoms with van der Waals surface area (Å²) in [6.07, 6.45) is 1.71. The minimum Gasteiger partial charge on any atom is -0.507 e. The summed E-state index contributed by atoms with van der Waals surface area (Å²) in [4.78, 5) is 18.8. The van der Waals surface area contributed by atoms with E-state index < -0.39 is 4.75 Å². The van der Waals surface area contributed by atoms with Gasteiger partial charge in [-0.05, 0) is 26.8 Å². The Morgan fingerprint density at radius 3 is 2.73 bits per heavy atom. The van der Waals surface area contributed by atoms with Gasteiger partial charge >= 0.3 is 0 Å². The van der Waals surface area contributed by atoms with Gasteiger partial charge in [-0.3, -0.25) is 10.1 Å². The fraction of sp³-hybridized carbons (Fsp3) is 0.250. The second-order valence-electron chi connectivity index (χ2n) is 5.56. The number of rotatable bonds is 2. The predicted molar refractivity (Wildman–Crippen MR) is 91.4 cm³/mol. The van der Waals surface area contributed by atoms with Crippen molar-refractivity contribution in [2.45, 2.75) is 30.4 Å². The fourth-order valence-electron chi connectivity index (χ4n) is 2.45. The molecule has 1 aliphatic rings. The van der Waals surface area contributed by atoms with Crippen LogP contribution in [0.15, 0.2) is 40.9 Å². The first kappa shape index (κ1) is 15.1. The standard InChI is InChI=1S/C16H16N2O2S2/c1-9-8-17-15(21-9)18-14(20)12-13(19)10-6-4-5-7-11(10)22-16(12,2)3/h4-8,19H,1-3H3,(H,17,18,20). The Morgan fingerprint density at radius 1 is 1.32 bits per heavy atom. The van der Waals surface area contributed by atoms with Gasteiger partial charge in [0.15, 0.2) is 5.13 Å². The number of aliphatic hydroxyl groups is 1. The van der Waals surface area contributed by atoms with Crippen molar-refractivity contribution >= 4 is 39.9 Å². The molecule has 0 bridgehead atoms. The van der Waals surface area contributed by atoms with E-state index in [1.165, 1.54) is 11.3 Å². The summed E-state index contributed by atoms with van der Waals surface area (Å²) < 4.78 is -0.519. The van der Waals surface area contributed by atoms with Gasteiger partial charge in [-0.1, -0.05) is 18.2 Å². The van der Waals surface area contributed by atoms with Crippen molar-refractivity contribution in [3.05, 3.63) is 46.5 Å². The van der Waals surface area contributed by atoms with Gasteiger partial charge in [-0.2, -0.15) is 0 Å². The van der Waals surface area contributed by atoms with E-state index in [0.717, 1.165) is 9.77 Å². The first-order chi connectivity index (χ1) is 10.4. The van der Waals surface area contributed by atoms with Gasteiger partial charge in [0.25, 0.3) is 5.91 Å². The third kappa shape index (κ3) is 2.64. The second-order valence-corrected chi connectivity index (χ2v) is 8.46. The van der Waals surface area contributed by atoms with Crippen LogP contribution in [-0.2, 0) is 4.79 Å². The van der Waals surface area contributed by atoms with Crippen molar-refractivity contribution in [3.63, 3.8) is 0 Å². The molecule has 114 valence electrons. The normalized spacial score (nSPS) is 16.3. The van der Waals surface area contributed by atoms with E-state index in [0.29, 0.717) is 16.3 Å². The summed E-state index contributed by atoms with van der Waals surface area (Å²) in [5.41, 5.74) is 1.08. The average Bonchev–Trinajstić information content (AvgIpc) is 2.83. The van der Waals surface area contributed by atoms with Crippen molar-refractivity contribution in [1.29, 1.82) is 0 Å². The first-order valence-corrected chi connectivity index (χ1v) is 8.48. The molecule has 0 unspecified atom stereocenters. The van der Waals surface area contributed by atoms with Crippen LogP contribution >= 0.6 is 23.1 Å². The molecular formula is C16H16N2O2S2. The molecule has 1 amide bonds. The Kier molecular flexibility index (Phi) is 3.74. The van der Waals surface area contributed by atoms with Crippen molar-refractivity contribution < 1.29 is 9.90 Å². The molecule has 6 heteroatoms. The Balaban J connectivity index is 2.01. The monoisotopic (exact) mass is 332 g/mol. The molecule has 2 heterocycles. The van der Waals surface area contributed by atoms with Crippen LogP contribution < -0.4 is 5.32 Å². The maximum Gasteiger partial charge on any atom is 0.258 e. The number of aryl methyl sites for hydroxylation is 1. The highest BCUT2D eigenvalue weighted by Gasteiger charge is 2.38. The summed E-state index contributed by atoms with van der Waals surface area (Å²) >= 11 is 2.99. The molecule has 2 N–H and O–H groups in total. The van der Waals surface area contributed by atoms with Gasteiger partial charge in [0.1, 0.15) is 5.76 Å². The van der Waals surface area contributed by atoms with Gasteiger partial charge in [0, 0.05) is 26.3 Å². The number of hydrogen-bond acceptors (Lipinski definition) is 5.